The SMILES string of the molecule is CC1(C)CN(CC(=O)c2ccc3c(c2)CCO3)CCO1. The summed E-state index contributed by atoms with van der Waals surface area (Å²) in [6.45, 7) is 7.64. The summed E-state index contributed by atoms with van der Waals surface area (Å²) >= 11 is 0. The molecule has 0 bridgehead atoms. The molecular weight excluding hydrogens is 254 g/mol. The number of ether oxygens (including phenoxy) is 2. The molecule has 0 spiro atoms. The van der Waals surface area contributed by atoms with E-state index in [2.05, 4.69) is 18.7 Å². The molecule has 0 radical (unpaired) electrons. The predicted molar refractivity (Wildman–Crippen MR) is 76.4 cm³/mol. The van der Waals surface area contributed by atoms with Crippen LogP contribution in [0.4, 0.5) is 0 Å². The van der Waals surface area contributed by atoms with Crippen molar-refractivity contribution in [2.24, 2.45) is 0 Å². The molecule has 1 fully saturated rings. The summed E-state index contributed by atoms with van der Waals surface area (Å²) in [6, 6.07) is 5.77. The van der Waals surface area contributed by atoms with Gasteiger partial charge in [-0.2, -0.15) is 0 Å². The Morgan fingerprint density at radius 1 is 1.35 bits per heavy atom. The van der Waals surface area contributed by atoms with Crippen molar-refractivity contribution in [2.75, 3.05) is 32.8 Å². The van der Waals surface area contributed by atoms with E-state index < -0.39 is 0 Å². The maximum Gasteiger partial charge on any atom is 0.176 e. The number of hydrogen-bond donors (Lipinski definition) is 0. The predicted octanol–water partition coefficient (Wildman–Crippen LogP) is 1.92. The second-order valence-corrected chi connectivity index (χ2v) is 6.16. The summed E-state index contributed by atoms with van der Waals surface area (Å²) in [5, 5.41) is 0. The van der Waals surface area contributed by atoms with Gasteiger partial charge in [-0.25, -0.2) is 0 Å². The van der Waals surface area contributed by atoms with Gasteiger partial charge >= 0.3 is 0 Å². The van der Waals surface area contributed by atoms with Crippen molar-refractivity contribution in [2.45, 2.75) is 25.9 Å². The minimum Gasteiger partial charge on any atom is -0.493 e. The van der Waals surface area contributed by atoms with Gasteiger partial charge in [0.25, 0.3) is 0 Å². The molecule has 108 valence electrons. The molecule has 2 aliphatic rings. The van der Waals surface area contributed by atoms with Crippen LogP contribution in [0.5, 0.6) is 5.75 Å². The van der Waals surface area contributed by atoms with Crippen LogP contribution >= 0.6 is 0 Å². The van der Waals surface area contributed by atoms with Gasteiger partial charge in [0.05, 0.1) is 25.4 Å². The van der Waals surface area contributed by atoms with Gasteiger partial charge in [-0.1, -0.05) is 0 Å². The lowest BCUT2D eigenvalue weighted by molar-refractivity contribution is -0.0833. The Morgan fingerprint density at radius 2 is 2.20 bits per heavy atom. The van der Waals surface area contributed by atoms with Crippen molar-refractivity contribution in [1.82, 2.24) is 4.90 Å². The van der Waals surface area contributed by atoms with Gasteiger partial charge in [0.15, 0.2) is 5.78 Å². The maximum atomic E-state index is 12.4. The zero-order chi connectivity index (χ0) is 14.2. The third-order valence-electron chi connectivity index (χ3n) is 3.88. The summed E-state index contributed by atoms with van der Waals surface area (Å²) in [7, 11) is 0. The zero-order valence-electron chi connectivity index (χ0n) is 12.1. The smallest absolute Gasteiger partial charge is 0.176 e. The molecule has 0 N–H and O–H groups in total. The van der Waals surface area contributed by atoms with Gasteiger partial charge < -0.3 is 9.47 Å². The lowest BCUT2D eigenvalue weighted by Crippen LogP contribution is -2.49. The summed E-state index contributed by atoms with van der Waals surface area (Å²) in [4.78, 5) is 14.6. The average Bonchev–Trinajstić information content (AvgIpc) is 2.84. The van der Waals surface area contributed by atoms with Crippen LogP contribution in [0.1, 0.15) is 29.8 Å². The summed E-state index contributed by atoms with van der Waals surface area (Å²) in [6.07, 6.45) is 0.904. The number of benzene rings is 1. The molecule has 0 aliphatic carbocycles. The first kappa shape index (κ1) is 13.6. The van der Waals surface area contributed by atoms with Gasteiger partial charge in [0, 0.05) is 25.1 Å². The number of fused-ring (bicyclic) bond motifs is 1. The van der Waals surface area contributed by atoms with Gasteiger partial charge in [-0.3, -0.25) is 9.69 Å². The van der Waals surface area contributed by atoms with E-state index >= 15 is 0 Å². The number of Topliss-reactive ketones (excluding diaryl/α,β-unsaturated/α-hetero) is 1. The van der Waals surface area contributed by atoms with E-state index in [0.29, 0.717) is 13.2 Å². The Kier molecular flexibility index (Phi) is 3.52. The molecule has 0 saturated carbocycles. The number of morpholine rings is 1. The highest BCUT2D eigenvalue weighted by Gasteiger charge is 2.28. The van der Waals surface area contributed by atoms with Crippen LogP contribution in [0, 0.1) is 0 Å². The van der Waals surface area contributed by atoms with E-state index in [1.165, 1.54) is 0 Å². The second kappa shape index (κ2) is 5.19. The Labute approximate surface area is 119 Å². The number of rotatable bonds is 3. The third-order valence-corrected chi connectivity index (χ3v) is 3.88. The van der Waals surface area contributed by atoms with E-state index in [-0.39, 0.29) is 11.4 Å². The van der Waals surface area contributed by atoms with Crippen LogP contribution in [-0.2, 0) is 11.2 Å². The molecule has 3 rings (SSSR count). The molecule has 2 aliphatic heterocycles. The van der Waals surface area contributed by atoms with Crippen LogP contribution < -0.4 is 4.74 Å². The van der Waals surface area contributed by atoms with Crippen LogP contribution in [-0.4, -0.2) is 49.1 Å². The first-order valence-electron chi connectivity index (χ1n) is 7.19. The highest BCUT2D eigenvalue weighted by Crippen LogP contribution is 2.26. The molecule has 20 heavy (non-hydrogen) atoms. The standard InChI is InChI=1S/C16H21NO3/c1-16(2)11-17(6-8-20-16)10-14(18)12-3-4-15-13(9-12)5-7-19-15/h3-4,9H,5-8,10-11H2,1-2H3. The maximum absolute atomic E-state index is 12.4. The van der Waals surface area contributed by atoms with Crippen molar-refractivity contribution in [3.05, 3.63) is 29.3 Å². The normalized spacial score (nSPS) is 21.3. The molecule has 4 heteroatoms. The lowest BCUT2D eigenvalue weighted by Gasteiger charge is -2.37. The van der Waals surface area contributed by atoms with E-state index in [0.717, 1.165) is 43.0 Å². The van der Waals surface area contributed by atoms with Crippen molar-refractivity contribution in [1.29, 1.82) is 0 Å². The molecule has 2 heterocycles. The minimum atomic E-state index is -0.162. The van der Waals surface area contributed by atoms with Gasteiger partial charge in [0.1, 0.15) is 5.75 Å². The second-order valence-electron chi connectivity index (χ2n) is 6.16. The summed E-state index contributed by atoms with van der Waals surface area (Å²) in [5.74, 6) is 1.10. The van der Waals surface area contributed by atoms with Crippen molar-refractivity contribution >= 4 is 5.78 Å². The summed E-state index contributed by atoms with van der Waals surface area (Å²) in [5.41, 5.74) is 1.78. The van der Waals surface area contributed by atoms with Crippen molar-refractivity contribution < 1.29 is 14.3 Å². The number of nitrogens with zero attached hydrogens (tertiary/aromatic N) is 1. The Balaban J connectivity index is 1.67. The zero-order valence-corrected chi connectivity index (χ0v) is 12.1. The molecule has 0 aromatic heterocycles. The number of ketones is 1. The number of carbonyl (C=O) groups is 1. The molecule has 0 unspecified atom stereocenters. The Hall–Kier alpha value is -1.39. The van der Waals surface area contributed by atoms with Crippen molar-refractivity contribution in [3.8, 4) is 5.75 Å². The molecule has 1 saturated heterocycles. The first-order valence-corrected chi connectivity index (χ1v) is 7.19. The fraction of sp³-hybridized carbons (Fsp3) is 0.562. The van der Waals surface area contributed by atoms with E-state index in [1.807, 2.05) is 18.2 Å². The molecular formula is C16H21NO3. The molecule has 0 amide bonds. The largest absolute Gasteiger partial charge is 0.493 e. The highest BCUT2D eigenvalue weighted by molar-refractivity contribution is 5.98. The summed E-state index contributed by atoms with van der Waals surface area (Å²) < 4.78 is 11.1. The van der Waals surface area contributed by atoms with E-state index in [1.54, 1.807) is 0 Å². The molecule has 4 nitrogen and oxygen atoms in total. The van der Waals surface area contributed by atoms with Crippen LogP contribution in [0.2, 0.25) is 0 Å². The average molecular weight is 275 g/mol. The molecule has 0 atom stereocenters. The van der Waals surface area contributed by atoms with Crippen LogP contribution in [0.3, 0.4) is 0 Å². The van der Waals surface area contributed by atoms with Crippen molar-refractivity contribution in [3.63, 3.8) is 0 Å². The van der Waals surface area contributed by atoms with E-state index in [9.17, 15) is 4.79 Å². The Bertz CT molecular complexity index is 524. The van der Waals surface area contributed by atoms with Crippen LogP contribution in [0.25, 0.3) is 0 Å². The monoisotopic (exact) mass is 275 g/mol. The van der Waals surface area contributed by atoms with Gasteiger partial charge in [0.2, 0.25) is 0 Å². The van der Waals surface area contributed by atoms with Crippen LogP contribution in [0.15, 0.2) is 18.2 Å². The van der Waals surface area contributed by atoms with Gasteiger partial charge in [-0.15, -0.1) is 0 Å². The fourth-order valence-electron chi connectivity index (χ4n) is 2.90. The number of hydrogen-bond acceptors (Lipinski definition) is 4. The highest BCUT2D eigenvalue weighted by atomic mass is 16.5. The van der Waals surface area contributed by atoms with Gasteiger partial charge in [-0.05, 0) is 37.6 Å². The fourth-order valence-corrected chi connectivity index (χ4v) is 2.90. The van der Waals surface area contributed by atoms with E-state index in [4.69, 9.17) is 9.47 Å². The molecule has 1 aromatic carbocycles. The Morgan fingerprint density at radius 3 is 3.00 bits per heavy atom. The first-order chi connectivity index (χ1) is 9.53. The minimum absolute atomic E-state index is 0.162. The topological polar surface area (TPSA) is 38.8 Å². The third kappa shape index (κ3) is 2.86. The number of carbonyl (C=O) groups excluding carboxylic acids is 1. The lowest BCUT2D eigenvalue weighted by atomic mass is 10.0. The quantitative estimate of drug-likeness (QED) is 0.790. The molecule has 1 aromatic rings.